The van der Waals surface area contributed by atoms with Crippen LogP contribution in [0.25, 0.3) is 0 Å². The van der Waals surface area contributed by atoms with Crippen LogP contribution in [0.15, 0.2) is 24.3 Å². The zero-order valence-corrected chi connectivity index (χ0v) is 14.4. The summed E-state index contributed by atoms with van der Waals surface area (Å²) >= 11 is 0. The molecule has 1 amide bonds. The molecule has 1 N–H and O–H groups in total. The average molecular weight is 345 g/mol. The number of methoxy groups -OCH3 is 1. The van der Waals surface area contributed by atoms with Crippen LogP contribution >= 0.6 is 12.4 Å². The van der Waals surface area contributed by atoms with Gasteiger partial charge in [0.15, 0.2) is 11.5 Å². The van der Waals surface area contributed by atoms with Crippen LogP contribution in [0.2, 0.25) is 0 Å². The van der Waals surface area contributed by atoms with Crippen molar-refractivity contribution in [2.45, 2.75) is 12.5 Å². The van der Waals surface area contributed by atoms with Gasteiger partial charge in [0.1, 0.15) is 6.61 Å². The molecule has 0 bridgehead atoms. The molecule has 1 fully saturated rings. The summed E-state index contributed by atoms with van der Waals surface area (Å²) in [4.78, 5) is 13.8. The molecule has 1 saturated heterocycles. The molecule has 0 saturated carbocycles. The monoisotopic (exact) mass is 344 g/mol. The Labute approximate surface area is 143 Å². The van der Waals surface area contributed by atoms with Gasteiger partial charge in [-0.05, 0) is 12.1 Å². The van der Waals surface area contributed by atoms with E-state index in [2.05, 4.69) is 5.32 Å². The van der Waals surface area contributed by atoms with Crippen LogP contribution in [0.3, 0.4) is 0 Å². The standard InChI is InChI=1S/C16H24N2O4.ClH/c1-18(16(19)11-13-12-21-9-7-17-13)8-10-22-15-6-4-3-5-14(15)20-2;/h3-6,13,17H,7-12H2,1-2H3;1H. The van der Waals surface area contributed by atoms with Crippen LogP contribution in [-0.2, 0) is 9.53 Å². The average Bonchev–Trinajstić information content (AvgIpc) is 2.56. The van der Waals surface area contributed by atoms with Crippen molar-refractivity contribution in [1.29, 1.82) is 0 Å². The number of carbonyl (C=O) groups excluding carboxylic acids is 1. The van der Waals surface area contributed by atoms with E-state index in [1.807, 2.05) is 24.3 Å². The Morgan fingerprint density at radius 1 is 1.39 bits per heavy atom. The van der Waals surface area contributed by atoms with Crippen molar-refractivity contribution in [1.82, 2.24) is 10.2 Å². The van der Waals surface area contributed by atoms with E-state index in [1.165, 1.54) is 0 Å². The van der Waals surface area contributed by atoms with E-state index in [9.17, 15) is 4.79 Å². The topological polar surface area (TPSA) is 60.0 Å². The lowest BCUT2D eigenvalue weighted by molar-refractivity contribution is -0.131. The molecule has 7 heteroatoms. The highest BCUT2D eigenvalue weighted by Crippen LogP contribution is 2.25. The number of nitrogens with one attached hydrogen (secondary N) is 1. The molecule has 1 aromatic carbocycles. The highest BCUT2D eigenvalue weighted by molar-refractivity contribution is 5.85. The van der Waals surface area contributed by atoms with Crippen LogP contribution in [0.1, 0.15) is 6.42 Å². The van der Waals surface area contributed by atoms with Crippen molar-refractivity contribution in [2.75, 3.05) is 47.1 Å². The Balaban J connectivity index is 0.00000264. The van der Waals surface area contributed by atoms with Gasteiger partial charge in [0.25, 0.3) is 0 Å². The number of ether oxygens (including phenoxy) is 3. The minimum Gasteiger partial charge on any atom is -0.493 e. The number of hydrogen-bond donors (Lipinski definition) is 1. The molecule has 1 unspecified atom stereocenters. The smallest absolute Gasteiger partial charge is 0.224 e. The SMILES string of the molecule is COc1ccccc1OCCN(C)C(=O)CC1COCCN1.Cl. The summed E-state index contributed by atoms with van der Waals surface area (Å²) < 4.78 is 16.3. The number of likely N-dealkylation sites (N-methyl/N-ethyl adjacent to an activating group) is 1. The van der Waals surface area contributed by atoms with Gasteiger partial charge >= 0.3 is 0 Å². The summed E-state index contributed by atoms with van der Waals surface area (Å²) in [7, 11) is 3.40. The van der Waals surface area contributed by atoms with Crippen LogP contribution in [0, 0.1) is 0 Å². The molecular weight excluding hydrogens is 320 g/mol. The fourth-order valence-corrected chi connectivity index (χ4v) is 2.27. The lowest BCUT2D eigenvalue weighted by Gasteiger charge is -2.25. The van der Waals surface area contributed by atoms with E-state index in [0.717, 1.165) is 6.54 Å². The Morgan fingerprint density at radius 3 is 2.78 bits per heavy atom. The van der Waals surface area contributed by atoms with Crippen molar-refractivity contribution in [3.63, 3.8) is 0 Å². The Kier molecular flexibility index (Phi) is 8.76. The molecule has 2 rings (SSSR count). The van der Waals surface area contributed by atoms with Crippen molar-refractivity contribution < 1.29 is 19.0 Å². The molecule has 0 aromatic heterocycles. The summed E-state index contributed by atoms with van der Waals surface area (Å²) in [5.41, 5.74) is 0. The summed E-state index contributed by atoms with van der Waals surface area (Å²) in [5, 5.41) is 3.28. The van der Waals surface area contributed by atoms with Gasteiger partial charge in [-0.3, -0.25) is 4.79 Å². The van der Waals surface area contributed by atoms with Crippen LogP contribution in [0.5, 0.6) is 11.5 Å². The number of nitrogens with zero attached hydrogens (tertiary/aromatic N) is 1. The number of morpholine rings is 1. The fourth-order valence-electron chi connectivity index (χ4n) is 2.27. The summed E-state index contributed by atoms with van der Waals surface area (Å²) in [5.74, 6) is 1.47. The molecule has 0 aliphatic carbocycles. The number of halogens is 1. The zero-order valence-electron chi connectivity index (χ0n) is 13.6. The molecule has 0 radical (unpaired) electrons. The summed E-state index contributed by atoms with van der Waals surface area (Å²) in [6.45, 7) is 3.07. The first-order valence-electron chi connectivity index (χ1n) is 7.51. The maximum absolute atomic E-state index is 12.1. The number of benzene rings is 1. The minimum absolute atomic E-state index is 0. The zero-order chi connectivity index (χ0) is 15.8. The highest BCUT2D eigenvalue weighted by atomic mass is 35.5. The van der Waals surface area contributed by atoms with Crippen molar-refractivity contribution in [3.8, 4) is 11.5 Å². The molecule has 1 heterocycles. The molecule has 1 aliphatic rings. The third kappa shape index (κ3) is 6.25. The van der Waals surface area contributed by atoms with E-state index >= 15 is 0 Å². The fraction of sp³-hybridized carbons (Fsp3) is 0.562. The maximum atomic E-state index is 12.1. The highest BCUT2D eigenvalue weighted by Gasteiger charge is 2.19. The van der Waals surface area contributed by atoms with E-state index in [4.69, 9.17) is 14.2 Å². The lowest BCUT2D eigenvalue weighted by atomic mass is 10.2. The largest absolute Gasteiger partial charge is 0.493 e. The summed E-state index contributed by atoms with van der Waals surface area (Å²) in [6.07, 6.45) is 0.450. The molecule has 1 aromatic rings. The second-order valence-electron chi connectivity index (χ2n) is 5.24. The van der Waals surface area contributed by atoms with Gasteiger partial charge in [-0.2, -0.15) is 0 Å². The predicted molar refractivity (Wildman–Crippen MR) is 90.6 cm³/mol. The first kappa shape index (κ1) is 19.5. The molecule has 1 aliphatic heterocycles. The Bertz CT molecular complexity index is 481. The van der Waals surface area contributed by atoms with Gasteiger partial charge in [-0.15, -0.1) is 12.4 Å². The molecular formula is C16H25ClN2O4. The predicted octanol–water partition coefficient (Wildman–Crippen LogP) is 1.33. The molecule has 23 heavy (non-hydrogen) atoms. The second-order valence-corrected chi connectivity index (χ2v) is 5.24. The van der Waals surface area contributed by atoms with E-state index < -0.39 is 0 Å². The van der Waals surface area contributed by atoms with E-state index in [1.54, 1.807) is 19.1 Å². The summed E-state index contributed by atoms with van der Waals surface area (Å²) in [6, 6.07) is 7.59. The number of hydrogen-bond acceptors (Lipinski definition) is 5. The van der Waals surface area contributed by atoms with Gasteiger partial charge in [0.05, 0.1) is 26.9 Å². The van der Waals surface area contributed by atoms with Gasteiger partial charge in [0, 0.05) is 26.1 Å². The third-order valence-electron chi connectivity index (χ3n) is 3.60. The Hall–Kier alpha value is -1.50. The first-order valence-corrected chi connectivity index (χ1v) is 7.51. The number of para-hydroxylation sites is 2. The Morgan fingerprint density at radius 2 is 2.13 bits per heavy atom. The van der Waals surface area contributed by atoms with Crippen LogP contribution in [0.4, 0.5) is 0 Å². The molecule has 1 atom stereocenters. The van der Waals surface area contributed by atoms with Gasteiger partial charge in [-0.25, -0.2) is 0 Å². The van der Waals surface area contributed by atoms with E-state index in [-0.39, 0.29) is 24.4 Å². The maximum Gasteiger partial charge on any atom is 0.224 e. The number of rotatable bonds is 7. The molecule has 130 valence electrons. The van der Waals surface area contributed by atoms with Gasteiger partial charge in [0.2, 0.25) is 5.91 Å². The van der Waals surface area contributed by atoms with Crippen molar-refractivity contribution >= 4 is 18.3 Å². The van der Waals surface area contributed by atoms with Crippen molar-refractivity contribution in [3.05, 3.63) is 24.3 Å². The van der Waals surface area contributed by atoms with Gasteiger partial charge in [-0.1, -0.05) is 12.1 Å². The van der Waals surface area contributed by atoms with Crippen LogP contribution in [-0.4, -0.2) is 63.9 Å². The second kappa shape index (κ2) is 10.3. The molecule has 0 spiro atoms. The first-order chi connectivity index (χ1) is 10.7. The van der Waals surface area contributed by atoms with Crippen molar-refractivity contribution in [2.24, 2.45) is 0 Å². The number of amides is 1. The lowest BCUT2D eigenvalue weighted by Crippen LogP contribution is -2.45. The van der Waals surface area contributed by atoms with E-state index in [0.29, 0.717) is 44.3 Å². The normalized spacial score (nSPS) is 17.0. The number of carbonyl (C=O) groups is 1. The molecule has 6 nitrogen and oxygen atoms in total. The quantitative estimate of drug-likeness (QED) is 0.808. The van der Waals surface area contributed by atoms with Crippen LogP contribution < -0.4 is 14.8 Å². The minimum atomic E-state index is 0. The van der Waals surface area contributed by atoms with Gasteiger partial charge < -0.3 is 24.4 Å². The third-order valence-corrected chi connectivity index (χ3v) is 3.60.